The van der Waals surface area contributed by atoms with Crippen molar-refractivity contribution in [2.75, 3.05) is 19.7 Å². The van der Waals surface area contributed by atoms with E-state index in [-0.39, 0.29) is 24.5 Å². The summed E-state index contributed by atoms with van der Waals surface area (Å²) in [5.74, 6) is -0.0926. The maximum absolute atomic E-state index is 12.5. The van der Waals surface area contributed by atoms with Gasteiger partial charge in [0.2, 0.25) is 5.91 Å². The quantitative estimate of drug-likeness (QED) is 0.826. The lowest BCUT2D eigenvalue weighted by Crippen LogP contribution is -2.41. The molecule has 0 saturated carbocycles. The van der Waals surface area contributed by atoms with Crippen molar-refractivity contribution in [2.24, 2.45) is 0 Å². The van der Waals surface area contributed by atoms with Crippen molar-refractivity contribution in [2.45, 2.75) is 55.4 Å². The largest absolute Gasteiger partial charge is 0.376 e. The predicted molar refractivity (Wildman–Crippen MR) is 92.6 cm³/mol. The Morgan fingerprint density at radius 1 is 1.38 bits per heavy atom. The lowest BCUT2D eigenvalue weighted by molar-refractivity contribution is -0.121. The van der Waals surface area contributed by atoms with E-state index in [2.05, 4.69) is 5.32 Å². The fraction of sp³-hybridized carbons (Fsp3) is 0.688. The fourth-order valence-corrected chi connectivity index (χ4v) is 6.23. The Hall–Kier alpha value is -0.960. The highest BCUT2D eigenvalue weighted by atomic mass is 32.2. The molecule has 2 aliphatic heterocycles. The number of ether oxygens (including phenoxy) is 1. The van der Waals surface area contributed by atoms with Crippen LogP contribution in [0.4, 0.5) is 0 Å². The van der Waals surface area contributed by atoms with Crippen molar-refractivity contribution in [1.29, 1.82) is 0 Å². The standard InChI is InChI=1S/C16H24N2O4S2/c1-12(14-5-4-10-22-14)17-15(19)11-13-6-7-16(23-13)24(20,21)18-8-2-3-9-18/h6-7,12,14H,2-5,8-11H2,1H3,(H,17,19). The molecule has 0 aromatic carbocycles. The molecule has 0 spiro atoms. The summed E-state index contributed by atoms with van der Waals surface area (Å²) in [7, 11) is -3.39. The molecule has 1 aromatic rings. The first-order valence-corrected chi connectivity index (χ1v) is 10.7. The molecule has 0 aliphatic carbocycles. The highest BCUT2D eigenvalue weighted by Crippen LogP contribution is 2.27. The minimum Gasteiger partial charge on any atom is -0.376 e. The molecule has 2 fully saturated rings. The molecule has 2 atom stereocenters. The molecule has 3 rings (SSSR count). The molecule has 0 bridgehead atoms. The lowest BCUT2D eigenvalue weighted by atomic mass is 10.1. The molecule has 2 saturated heterocycles. The SMILES string of the molecule is CC(NC(=O)Cc1ccc(S(=O)(=O)N2CCCC2)s1)C1CCCO1. The van der Waals surface area contributed by atoms with E-state index in [1.807, 2.05) is 6.92 Å². The number of carbonyl (C=O) groups excluding carboxylic acids is 1. The third kappa shape index (κ3) is 3.99. The van der Waals surface area contributed by atoms with E-state index in [4.69, 9.17) is 4.74 Å². The Morgan fingerprint density at radius 2 is 2.12 bits per heavy atom. The number of amides is 1. The minimum atomic E-state index is -3.39. The molecule has 1 N–H and O–H groups in total. The van der Waals surface area contributed by atoms with Crippen molar-refractivity contribution < 1.29 is 17.9 Å². The van der Waals surface area contributed by atoms with E-state index in [0.29, 0.717) is 17.3 Å². The van der Waals surface area contributed by atoms with Gasteiger partial charge in [0.25, 0.3) is 10.0 Å². The van der Waals surface area contributed by atoms with Crippen LogP contribution in [0, 0.1) is 0 Å². The number of nitrogens with zero attached hydrogens (tertiary/aromatic N) is 1. The molecule has 2 aliphatic rings. The van der Waals surface area contributed by atoms with Gasteiger partial charge < -0.3 is 10.1 Å². The van der Waals surface area contributed by atoms with Gasteiger partial charge >= 0.3 is 0 Å². The summed E-state index contributed by atoms with van der Waals surface area (Å²) >= 11 is 1.19. The molecular formula is C16H24N2O4S2. The van der Waals surface area contributed by atoms with Gasteiger partial charge in [-0.05, 0) is 44.7 Å². The van der Waals surface area contributed by atoms with Crippen LogP contribution in [0.25, 0.3) is 0 Å². The van der Waals surface area contributed by atoms with E-state index in [9.17, 15) is 13.2 Å². The van der Waals surface area contributed by atoms with Crippen LogP contribution < -0.4 is 5.32 Å². The van der Waals surface area contributed by atoms with E-state index in [1.54, 1.807) is 12.1 Å². The van der Waals surface area contributed by atoms with Crippen molar-refractivity contribution in [3.63, 3.8) is 0 Å². The lowest BCUT2D eigenvalue weighted by Gasteiger charge is -2.19. The molecule has 6 nitrogen and oxygen atoms in total. The first-order valence-electron chi connectivity index (χ1n) is 8.46. The molecule has 24 heavy (non-hydrogen) atoms. The monoisotopic (exact) mass is 372 g/mol. The summed E-state index contributed by atoms with van der Waals surface area (Å²) in [5.41, 5.74) is 0. The maximum Gasteiger partial charge on any atom is 0.252 e. The van der Waals surface area contributed by atoms with Crippen LogP contribution in [-0.2, 0) is 26.0 Å². The Kier molecular flexibility index (Phi) is 5.59. The summed E-state index contributed by atoms with van der Waals surface area (Å²) in [6, 6.07) is 3.33. The van der Waals surface area contributed by atoms with Gasteiger partial charge in [0.1, 0.15) is 4.21 Å². The topological polar surface area (TPSA) is 75.7 Å². The van der Waals surface area contributed by atoms with Crippen LogP contribution in [0.5, 0.6) is 0 Å². The number of carbonyl (C=O) groups is 1. The van der Waals surface area contributed by atoms with Gasteiger partial charge in [0.05, 0.1) is 18.6 Å². The fourth-order valence-electron chi connectivity index (χ4n) is 3.20. The van der Waals surface area contributed by atoms with Crippen LogP contribution in [-0.4, -0.2) is 50.5 Å². The number of nitrogens with one attached hydrogen (secondary N) is 1. The normalized spacial score (nSPS) is 23.5. The van der Waals surface area contributed by atoms with Gasteiger partial charge in [-0.2, -0.15) is 4.31 Å². The van der Waals surface area contributed by atoms with E-state index in [1.165, 1.54) is 15.6 Å². The number of hydrogen-bond acceptors (Lipinski definition) is 5. The van der Waals surface area contributed by atoms with Crippen molar-refractivity contribution in [3.8, 4) is 0 Å². The third-order valence-electron chi connectivity index (χ3n) is 4.54. The van der Waals surface area contributed by atoms with Crippen LogP contribution >= 0.6 is 11.3 Å². The van der Waals surface area contributed by atoms with Gasteiger partial charge in [-0.15, -0.1) is 11.3 Å². The van der Waals surface area contributed by atoms with Crippen molar-refractivity contribution in [3.05, 3.63) is 17.0 Å². The number of thiophene rings is 1. The second kappa shape index (κ2) is 7.51. The summed E-state index contributed by atoms with van der Waals surface area (Å²) in [6.07, 6.45) is 4.13. The molecule has 0 radical (unpaired) electrons. The molecule has 3 heterocycles. The average Bonchev–Trinajstić information content (AvgIpc) is 3.29. The third-order valence-corrected chi connectivity index (χ3v) is 7.99. The van der Waals surface area contributed by atoms with Crippen molar-refractivity contribution >= 4 is 27.3 Å². The molecule has 1 aromatic heterocycles. The summed E-state index contributed by atoms with van der Waals surface area (Å²) in [6.45, 7) is 3.89. The van der Waals surface area contributed by atoms with Gasteiger partial charge in [-0.1, -0.05) is 0 Å². The van der Waals surface area contributed by atoms with Gasteiger partial charge in [-0.3, -0.25) is 4.79 Å². The number of hydrogen-bond donors (Lipinski definition) is 1. The summed E-state index contributed by atoms with van der Waals surface area (Å²) in [4.78, 5) is 12.9. The Labute approximate surface area is 147 Å². The highest BCUT2D eigenvalue weighted by molar-refractivity contribution is 7.91. The summed E-state index contributed by atoms with van der Waals surface area (Å²) < 4.78 is 32.4. The van der Waals surface area contributed by atoms with Crippen LogP contribution in [0.3, 0.4) is 0 Å². The Morgan fingerprint density at radius 3 is 2.79 bits per heavy atom. The first-order chi connectivity index (χ1) is 11.5. The molecule has 8 heteroatoms. The zero-order valence-electron chi connectivity index (χ0n) is 13.9. The Balaban J connectivity index is 1.58. The maximum atomic E-state index is 12.5. The zero-order valence-corrected chi connectivity index (χ0v) is 15.5. The van der Waals surface area contributed by atoms with Gasteiger partial charge in [0, 0.05) is 24.6 Å². The molecule has 2 unspecified atom stereocenters. The number of rotatable bonds is 6. The highest BCUT2D eigenvalue weighted by Gasteiger charge is 2.29. The molecular weight excluding hydrogens is 348 g/mol. The minimum absolute atomic E-state index is 0.0206. The van der Waals surface area contributed by atoms with Crippen molar-refractivity contribution in [1.82, 2.24) is 9.62 Å². The molecule has 1 amide bonds. The smallest absolute Gasteiger partial charge is 0.252 e. The van der Waals surface area contributed by atoms with Gasteiger partial charge in [0.15, 0.2) is 0 Å². The van der Waals surface area contributed by atoms with E-state index in [0.717, 1.165) is 37.2 Å². The number of sulfonamides is 1. The van der Waals surface area contributed by atoms with Gasteiger partial charge in [-0.25, -0.2) is 8.42 Å². The van der Waals surface area contributed by atoms with Crippen LogP contribution in [0.2, 0.25) is 0 Å². The summed E-state index contributed by atoms with van der Waals surface area (Å²) in [5, 5.41) is 2.96. The Bertz CT molecular complexity index is 674. The van der Waals surface area contributed by atoms with E-state index >= 15 is 0 Å². The first kappa shape index (κ1) is 17.8. The van der Waals surface area contributed by atoms with Crippen LogP contribution in [0.15, 0.2) is 16.3 Å². The molecule has 134 valence electrons. The second-order valence-electron chi connectivity index (χ2n) is 6.42. The van der Waals surface area contributed by atoms with Crippen LogP contribution in [0.1, 0.15) is 37.5 Å². The zero-order chi connectivity index (χ0) is 17.2. The average molecular weight is 373 g/mol. The second-order valence-corrected chi connectivity index (χ2v) is 9.75. The predicted octanol–water partition coefficient (Wildman–Crippen LogP) is 1.76. The van der Waals surface area contributed by atoms with E-state index < -0.39 is 10.0 Å².